The summed E-state index contributed by atoms with van der Waals surface area (Å²) in [4.78, 5) is 11.1. The quantitative estimate of drug-likeness (QED) is 0.460. The average Bonchev–Trinajstić information content (AvgIpc) is 2.80. The van der Waals surface area contributed by atoms with Crippen molar-refractivity contribution >= 4 is 5.97 Å². The van der Waals surface area contributed by atoms with Crippen molar-refractivity contribution in [2.24, 2.45) is 17.8 Å². The molecule has 2 aliphatic carbocycles. The minimum Gasteiger partial charge on any atom is -0.469 e. The van der Waals surface area contributed by atoms with Gasteiger partial charge in [-0.1, -0.05) is 26.0 Å². The second kappa shape index (κ2) is 4.45. The molecule has 3 atom stereocenters. The van der Waals surface area contributed by atoms with Crippen LogP contribution in [-0.2, 0) is 9.53 Å². The average molecular weight is 182 g/mol. The SMILES string of the molecule is CC.COC(=O)C1CC2C=CC1C2. The second-order valence-electron chi connectivity index (χ2n) is 3.41. The molecule has 0 aromatic carbocycles. The lowest BCUT2D eigenvalue weighted by Gasteiger charge is -2.14. The van der Waals surface area contributed by atoms with E-state index in [1.54, 1.807) is 0 Å². The first-order valence-electron chi connectivity index (χ1n) is 5.07. The Kier molecular flexibility index (Phi) is 3.52. The third-order valence-electron chi connectivity index (χ3n) is 2.78. The molecule has 2 aliphatic rings. The third-order valence-corrected chi connectivity index (χ3v) is 2.78. The first kappa shape index (κ1) is 10.3. The number of esters is 1. The van der Waals surface area contributed by atoms with Gasteiger partial charge in [-0.25, -0.2) is 0 Å². The molecule has 0 aromatic rings. The predicted octanol–water partition coefficient (Wildman–Crippen LogP) is 2.40. The van der Waals surface area contributed by atoms with Gasteiger partial charge < -0.3 is 4.74 Å². The van der Waals surface area contributed by atoms with E-state index in [-0.39, 0.29) is 11.9 Å². The van der Waals surface area contributed by atoms with Crippen molar-refractivity contribution in [2.75, 3.05) is 7.11 Å². The number of carbonyl (C=O) groups excluding carboxylic acids is 1. The molecule has 0 spiro atoms. The van der Waals surface area contributed by atoms with Crippen LogP contribution in [0.3, 0.4) is 0 Å². The minimum absolute atomic E-state index is 0.0261. The van der Waals surface area contributed by atoms with Crippen LogP contribution in [0.25, 0.3) is 0 Å². The first-order chi connectivity index (χ1) is 6.31. The lowest BCUT2D eigenvalue weighted by Crippen LogP contribution is -2.19. The van der Waals surface area contributed by atoms with Crippen molar-refractivity contribution in [2.45, 2.75) is 26.7 Å². The number of ether oxygens (including phenoxy) is 1. The molecule has 1 saturated carbocycles. The molecule has 2 heteroatoms. The van der Waals surface area contributed by atoms with Crippen molar-refractivity contribution in [3.8, 4) is 0 Å². The Morgan fingerprint density at radius 2 is 2.00 bits per heavy atom. The van der Waals surface area contributed by atoms with Crippen molar-refractivity contribution in [1.82, 2.24) is 0 Å². The molecule has 2 nitrogen and oxygen atoms in total. The summed E-state index contributed by atoms with van der Waals surface area (Å²) in [7, 11) is 1.47. The van der Waals surface area contributed by atoms with E-state index >= 15 is 0 Å². The summed E-state index contributed by atoms with van der Waals surface area (Å²) in [5.41, 5.74) is 0. The Morgan fingerprint density at radius 3 is 2.38 bits per heavy atom. The minimum atomic E-state index is -0.0261. The maximum atomic E-state index is 11.1. The zero-order valence-electron chi connectivity index (χ0n) is 8.62. The van der Waals surface area contributed by atoms with Crippen LogP contribution in [0.2, 0.25) is 0 Å². The van der Waals surface area contributed by atoms with Crippen LogP contribution in [0.15, 0.2) is 12.2 Å². The highest BCUT2D eigenvalue weighted by molar-refractivity contribution is 5.73. The molecule has 0 N–H and O–H groups in total. The summed E-state index contributed by atoms with van der Waals surface area (Å²) in [6.45, 7) is 4.00. The molecule has 0 saturated heterocycles. The maximum Gasteiger partial charge on any atom is 0.309 e. The molecule has 0 radical (unpaired) electrons. The zero-order valence-corrected chi connectivity index (χ0v) is 8.62. The Morgan fingerprint density at radius 1 is 1.31 bits per heavy atom. The molecule has 13 heavy (non-hydrogen) atoms. The Labute approximate surface area is 80.0 Å². The number of fused-ring (bicyclic) bond motifs is 2. The van der Waals surface area contributed by atoms with Crippen LogP contribution >= 0.6 is 0 Å². The molecule has 0 aliphatic heterocycles. The summed E-state index contributed by atoms with van der Waals surface area (Å²) in [5, 5.41) is 0. The van der Waals surface area contributed by atoms with Gasteiger partial charge in [-0.15, -0.1) is 0 Å². The predicted molar refractivity (Wildman–Crippen MR) is 52.2 cm³/mol. The van der Waals surface area contributed by atoms with Crippen LogP contribution in [0.1, 0.15) is 26.7 Å². The van der Waals surface area contributed by atoms with E-state index < -0.39 is 0 Å². The van der Waals surface area contributed by atoms with Gasteiger partial charge in [0, 0.05) is 0 Å². The Hall–Kier alpha value is -0.790. The van der Waals surface area contributed by atoms with E-state index in [4.69, 9.17) is 4.74 Å². The molecule has 0 aromatic heterocycles. The largest absolute Gasteiger partial charge is 0.469 e. The summed E-state index contributed by atoms with van der Waals surface area (Å²) >= 11 is 0. The van der Waals surface area contributed by atoms with Gasteiger partial charge in [0.1, 0.15) is 0 Å². The summed E-state index contributed by atoms with van der Waals surface area (Å²) in [6.07, 6.45) is 6.56. The standard InChI is InChI=1S/C9H12O2.C2H6/c1-11-9(10)8-5-6-2-3-7(8)4-6;1-2/h2-3,6-8H,4-5H2,1H3;1-2H3. The highest BCUT2D eigenvalue weighted by atomic mass is 16.5. The van der Waals surface area contributed by atoms with Gasteiger partial charge in [0.05, 0.1) is 13.0 Å². The van der Waals surface area contributed by atoms with Crippen LogP contribution in [0.5, 0.6) is 0 Å². The van der Waals surface area contributed by atoms with Crippen LogP contribution in [0.4, 0.5) is 0 Å². The smallest absolute Gasteiger partial charge is 0.309 e. The van der Waals surface area contributed by atoms with Crippen LogP contribution < -0.4 is 0 Å². The number of carbonyl (C=O) groups is 1. The molecule has 74 valence electrons. The molecule has 1 fully saturated rings. The van der Waals surface area contributed by atoms with E-state index in [1.165, 1.54) is 13.5 Å². The van der Waals surface area contributed by atoms with Crippen LogP contribution in [-0.4, -0.2) is 13.1 Å². The number of hydrogen-bond donors (Lipinski definition) is 0. The fourth-order valence-corrected chi connectivity index (χ4v) is 2.20. The summed E-state index contributed by atoms with van der Waals surface area (Å²) in [5.74, 6) is 1.27. The Balaban J connectivity index is 0.000000396. The summed E-state index contributed by atoms with van der Waals surface area (Å²) < 4.78 is 4.71. The number of hydrogen-bond acceptors (Lipinski definition) is 2. The van der Waals surface area contributed by atoms with E-state index in [1.807, 2.05) is 13.8 Å². The van der Waals surface area contributed by atoms with Gasteiger partial charge in [-0.05, 0) is 24.7 Å². The lowest BCUT2D eigenvalue weighted by molar-refractivity contribution is -0.146. The highest BCUT2D eigenvalue weighted by Gasteiger charge is 2.40. The fourth-order valence-electron chi connectivity index (χ4n) is 2.20. The monoisotopic (exact) mass is 182 g/mol. The van der Waals surface area contributed by atoms with E-state index in [9.17, 15) is 4.79 Å². The summed E-state index contributed by atoms with van der Waals surface area (Å²) in [6, 6.07) is 0. The van der Waals surface area contributed by atoms with Crippen LogP contribution in [0, 0.1) is 17.8 Å². The van der Waals surface area contributed by atoms with Gasteiger partial charge in [0.15, 0.2) is 0 Å². The molecule has 3 unspecified atom stereocenters. The van der Waals surface area contributed by atoms with E-state index in [2.05, 4.69) is 12.2 Å². The van der Waals surface area contributed by atoms with E-state index in [0.717, 1.165) is 6.42 Å². The maximum absolute atomic E-state index is 11.1. The number of rotatable bonds is 1. The van der Waals surface area contributed by atoms with Crippen molar-refractivity contribution in [3.05, 3.63) is 12.2 Å². The normalized spacial score (nSPS) is 33.9. The third kappa shape index (κ3) is 1.93. The molecule has 2 bridgehead atoms. The first-order valence-corrected chi connectivity index (χ1v) is 5.07. The number of allylic oxidation sites excluding steroid dienone is 2. The van der Waals surface area contributed by atoms with Gasteiger partial charge in [-0.2, -0.15) is 0 Å². The number of methoxy groups -OCH3 is 1. The van der Waals surface area contributed by atoms with Crippen molar-refractivity contribution in [1.29, 1.82) is 0 Å². The highest BCUT2D eigenvalue weighted by Crippen LogP contribution is 2.43. The van der Waals surface area contributed by atoms with Gasteiger partial charge >= 0.3 is 5.97 Å². The molecule has 0 amide bonds. The Bertz CT molecular complexity index is 208. The van der Waals surface area contributed by atoms with Gasteiger partial charge in [0.2, 0.25) is 0 Å². The molecular weight excluding hydrogens is 164 g/mol. The van der Waals surface area contributed by atoms with Crippen molar-refractivity contribution < 1.29 is 9.53 Å². The lowest BCUT2D eigenvalue weighted by atomic mass is 9.94. The molecule has 0 heterocycles. The molecular formula is C11H18O2. The zero-order chi connectivity index (χ0) is 9.84. The van der Waals surface area contributed by atoms with Gasteiger partial charge in [0.25, 0.3) is 0 Å². The van der Waals surface area contributed by atoms with Gasteiger partial charge in [-0.3, -0.25) is 4.79 Å². The fraction of sp³-hybridized carbons (Fsp3) is 0.727. The topological polar surface area (TPSA) is 26.3 Å². The van der Waals surface area contributed by atoms with E-state index in [0.29, 0.717) is 11.8 Å². The van der Waals surface area contributed by atoms with Crippen molar-refractivity contribution in [3.63, 3.8) is 0 Å². The molecule has 2 rings (SSSR count). The second-order valence-corrected chi connectivity index (χ2v) is 3.41.